The quantitative estimate of drug-likeness (QED) is 0.904. The Morgan fingerprint density at radius 3 is 2.82 bits per heavy atom. The zero-order valence-corrected chi connectivity index (χ0v) is 10.9. The van der Waals surface area contributed by atoms with E-state index in [-0.39, 0.29) is 0 Å². The molecule has 0 atom stereocenters. The van der Waals surface area contributed by atoms with Gasteiger partial charge in [0.2, 0.25) is 0 Å². The molecule has 17 heavy (non-hydrogen) atoms. The van der Waals surface area contributed by atoms with E-state index in [1.54, 1.807) is 18.4 Å². The highest BCUT2D eigenvalue weighted by Gasteiger charge is 2.14. The molecule has 1 heterocycles. The molecule has 2 aromatic rings. The summed E-state index contributed by atoms with van der Waals surface area (Å²) < 4.78 is 5.38. The van der Waals surface area contributed by atoms with Crippen molar-refractivity contribution < 1.29 is 4.74 Å². The van der Waals surface area contributed by atoms with E-state index in [1.165, 1.54) is 4.88 Å². The topological polar surface area (TPSA) is 48.1 Å². The lowest BCUT2D eigenvalue weighted by Crippen LogP contribution is -2.02. The summed E-state index contributed by atoms with van der Waals surface area (Å²) in [6.07, 6.45) is 0.860. The number of aromatic nitrogens is 1. The number of hydrogen-bond acceptors (Lipinski definition) is 4. The molecule has 0 radical (unpaired) electrons. The van der Waals surface area contributed by atoms with Gasteiger partial charge in [-0.15, -0.1) is 11.3 Å². The van der Waals surface area contributed by atoms with E-state index in [0.29, 0.717) is 6.54 Å². The third kappa shape index (κ3) is 2.48. The Bertz CT molecular complexity index is 508. The van der Waals surface area contributed by atoms with Crippen molar-refractivity contribution in [3.8, 4) is 17.0 Å². The summed E-state index contributed by atoms with van der Waals surface area (Å²) >= 11 is 1.71. The van der Waals surface area contributed by atoms with Crippen molar-refractivity contribution in [2.75, 3.05) is 13.7 Å². The minimum Gasteiger partial charge on any atom is -0.496 e. The van der Waals surface area contributed by atoms with Crippen LogP contribution >= 0.6 is 11.3 Å². The number of para-hydroxylation sites is 1. The van der Waals surface area contributed by atoms with Gasteiger partial charge in [-0.25, -0.2) is 4.98 Å². The van der Waals surface area contributed by atoms with Gasteiger partial charge in [-0.2, -0.15) is 0 Å². The number of thiazole rings is 1. The van der Waals surface area contributed by atoms with Gasteiger partial charge < -0.3 is 10.5 Å². The molecule has 0 aliphatic rings. The molecule has 0 aliphatic carbocycles. The predicted octanol–water partition coefficient (Wildman–Crippen LogP) is 2.63. The van der Waals surface area contributed by atoms with Crippen LogP contribution in [0.3, 0.4) is 0 Å². The number of rotatable bonds is 4. The molecule has 90 valence electrons. The molecule has 2 N–H and O–H groups in total. The number of methoxy groups -OCH3 is 1. The molecular weight excluding hydrogens is 232 g/mol. The largest absolute Gasteiger partial charge is 0.496 e. The minimum absolute atomic E-state index is 0.643. The predicted molar refractivity (Wildman–Crippen MR) is 71.6 cm³/mol. The Morgan fingerprint density at radius 1 is 1.35 bits per heavy atom. The summed E-state index contributed by atoms with van der Waals surface area (Å²) in [6, 6.07) is 7.95. The van der Waals surface area contributed by atoms with Crippen LogP contribution in [0.15, 0.2) is 24.3 Å². The van der Waals surface area contributed by atoms with Crippen molar-refractivity contribution in [1.29, 1.82) is 0 Å². The number of nitrogens with zero attached hydrogens (tertiary/aromatic N) is 1. The van der Waals surface area contributed by atoms with Crippen LogP contribution in [0, 0.1) is 6.92 Å². The zero-order chi connectivity index (χ0) is 12.3. The number of nitrogens with two attached hydrogens (primary N) is 1. The maximum absolute atomic E-state index is 5.63. The van der Waals surface area contributed by atoms with E-state index in [9.17, 15) is 0 Å². The molecule has 2 rings (SSSR count). The summed E-state index contributed by atoms with van der Waals surface area (Å²) in [5, 5.41) is 1.06. The van der Waals surface area contributed by atoms with Gasteiger partial charge >= 0.3 is 0 Å². The number of benzene rings is 1. The lowest BCUT2D eigenvalue weighted by Gasteiger charge is -2.07. The van der Waals surface area contributed by atoms with Gasteiger partial charge in [-0.3, -0.25) is 0 Å². The van der Waals surface area contributed by atoms with E-state index in [0.717, 1.165) is 28.4 Å². The average molecular weight is 248 g/mol. The lowest BCUT2D eigenvalue weighted by atomic mass is 10.1. The van der Waals surface area contributed by atoms with Gasteiger partial charge in [-0.05, 0) is 32.0 Å². The maximum atomic E-state index is 5.63. The van der Waals surface area contributed by atoms with Crippen molar-refractivity contribution in [1.82, 2.24) is 4.98 Å². The van der Waals surface area contributed by atoms with Gasteiger partial charge in [0, 0.05) is 10.4 Å². The molecule has 0 saturated carbocycles. The van der Waals surface area contributed by atoms with Crippen molar-refractivity contribution in [3.05, 3.63) is 34.2 Å². The second-order valence-electron chi connectivity index (χ2n) is 3.74. The molecule has 4 heteroatoms. The van der Waals surface area contributed by atoms with Crippen molar-refractivity contribution in [2.45, 2.75) is 13.3 Å². The first kappa shape index (κ1) is 12.1. The Labute approximate surface area is 105 Å². The second-order valence-corrected chi connectivity index (χ2v) is 5.03. The van der Waals surface area contributed by atoms with Crippen LogP contribution in [0.25, 0.3) is 11.3 Å². The fourth-order valence-corrected chi connectivity index (χ4v) is 2.79. The van der Waals surface area contributed by atoms with Crippen LogP contribution in [0.1, 0.15) is 9.88 Å². The highest BCUT2D eigenvalue weighted by atomic mass is 32.1. The van der Waals surface area contributed by atoms with Crippen molar-refractivity contribution in [3.63, 3.8) is 0 Å². The number of aryl methyl sites for hydroxylation is 1. The Balaban J connectivity index is 2.51. The van der Waals surface area contributed by atoms with Crippen LogP contribution in [-0.2, 0) is 6.42 Å². The fraction of sp³-hybridized carbons (Fsp3) is 0.308. The Kier molecular flexibility index (Phi) is 3.76. The molecular formula is C13H16N2OS. The molecule has 1 aromatic carbocycles. The standard InChI is InChI=1S/C13H16N2OS/c1-9-15-13(12(17-9)7-8-14)10-5-3-4-6-11(10)16-2/h3-6H,7-8,14H2,1-2H3. The van der Waals surface area contributed by atoms with Crippen LogP contribution in [0.5, 0.6) is 5.75 Å². The Hall–Kier alpha value is -1.39. The molecule has 0 fully saturated rings. The van der Waals surface area contributed by atoms with E-state index in [4.69, 9.17) is 10.5 Å². The van der Waals surface area contributed by atoms with Crippen molar-refractivity contribution in [2.24, 2.45) is 5.73 Å². The van der Waals surface area contributed by atoms with Gasteiger partial charge in [-0.1, -0.05) is 12.1 Å². The van der Waals surface area contributed by atoms with Crippen LogP contribution in [0.2, 0.25) is 0 Å². The third-order valence-corrected chi connectivity index (χ3v) is 3.57. The van der Waals surface area contributed by atoms with Crippen LogP contribution in [-0.4, -0.2) is 18.6 Å². The number of hydrogen-bond donors (Lipinski definition) is 1. The van der Waals surface area contributed by atoms with Crippen LogP contribution in [0.4, 0.5) is 0 Å². The van der Waals surface area contributed by atoms with E-state index in [1.807, 2.05) is 31.2 Å². The summed E-state index contributed by atoms with van der Waals surface area (Å²) in [5.74, 6) is 0.857. The lowest BCUT2D eigenvalue weighted by molar-refractivity contribution is 0.416. The second kappa shape index (κ2) is 5.29. The first-order valence-electron chi connectivity index (χ1n) is 5.56. The molecule has 0 amide bonds. The molecule has 0 aliphatic heterocycles. The van der Waals surface area contributed by atoms with E-state index < -0.39 is 0 Å². The molecule has 0 spiro atoms. The summed E-state index contributed by atoms with van der Waals surface area (Å²) in [4.78, 5) is 5.82. The van der Waals surface area contributed by atoms with Gasteiger partial charge in [0.05, 0.1) is 17.8 Å². The van der Waals surface area contributed by atoms with E-state index in [2.05, 4.69) is 4.98 Å². The van der Waals surface area contributed by atoms with E-state index >= 15 is 0 Å². The maximum Gasteiger partial charge on any atom is 0.128 e. The highest BCUT2D eigenvalue weighted by molar-refractivity contribution is 7.12. The molecule has 0 unspecified atom stereocenters. The first-order chi connectivity index (χ1) is 8.26. The number of ether oxygens (including phenoxy) is 1. The summed E-state index contributed by atoms with van der Waals surface area (Å²) in [6.45, 7) is 2.66. The summed E-state index contributed by atoms with van der Waals surface area (Å²) in [7, 11) is 1.68. The van der Waals surface area contributed by atoms with Gasteiger partial charge in [0.25, 0.3) is 0 Å². The van der Waals surface area contributed by atoms with Gasteiger partial charge in [0.1, 0.15) is 5.75 Å². The molecule has 1 aromatic heterocycles. The van der Waals surface area contributed by atoms with Crippen LogP contribution < -0.4 is 10.5 Å². The van der Waals surface area contributed by atoms with Gasteiger partial charge in [0.15, 0.2) is 0 Å². The smallest absolute Gasteiger partial charge is 0.128 e. The normalized spacial score (nSPS) is 10.5. The molecule has 0 bridgehead atoms. The minimum atomic E-state index is 0.643. The Morgan fingerprint density at radius 2 is 2.12 bits per heavy atom. The highest BCUT2D eigenvalue weighted by Crippen LogP contribution is 2.34. The first-order valence-corrected chi connectivity index (χ1v) is 6.37. The average Bonchev–Trinajstić information content (AvgIpc) is 2.71. The fourth-order valence-electron chi connectivity index (χ4n) is 1.82. The third-order valence-electron chi connectivity index (χ3n) is 2.54. The molecule has 0 saturated heterocycles. The zero-order valence-electron chi connectivity index (χ0n) is 10.1. The van der Waals surface area contributed by atoms with Crippen molar-refractivity contribution >= 4 is 11.3 Å². The SMILES string of the molecule is COc1ccccc1-c1nc(C)sc1CCN. The monoisotopic (exact) mass is 248 g/mol. The molecule has 3 nitrogen and oxygen atoms in total. The summed E-state index contributed by atoms with van der Waals surface area (Å²) in [5.41, 5.74) is 7.69.